The first-order valence-electron chi connectivity index (χ1n) is 6.33. The Bertz CT molecular complexity index is 772. The molecule has 2 aromatic carbocycles. The molecule has 0 radical (unpaired) electrons. The van der Waals surface area contributed by atoms with Crippen LogP contribution in [0.1, 0.15) is 16.7 Å². The molecular weight excluding hydrogens is 293 g/mol. The number of hydrogen-bond donors (Lipinski definition) is 2. The molecule has 0 aliphatic rings. The first-order valence-corrected chi connectivity index (χ1v) is 7.82. The molecule has 0 atom stereocenters. The van der Waals surface area contributed by atoms with E-state index in [2.05, 4.69) is 4.72 Å². The lowest BCUT2D eigenvalue weighted by molar-refractivity contribution is 0.281. The minimum absolute atomic E-state index is 0.0285. The van der Waals surface area contributed by atoms with Crippen LogP contribution in [-0.2, 0) is 16.6 Å². The molecule has 0 saturated heterocycles. The monoisotopic (exact) mass is 309 g/mol. The summed E-state index contributed by atoms with van der Waals surface area (Å²) in [6, 6.07) is 8.69. The molecule has 0 aromatic heterocycles. The molecule has 0 bridgehead atoms. The summed E-state index contributed by atoms with van der Waals surface area (Å²) in [5.41, 5.74) is 1.77. The van der Waals surface area contributed by atoms with E-state index in [-0.39, 0.29) is 22.8 Å². The SMILES string of the molecule is Cc1ccc(S(=O)(=O)Nc2cccc(F)c2C)cc1CO. The van der Waals surface area contributed by atoms with E-state index >= 15 is 0 Å². The highest BCUT2D eigenvalue weighted by Gasteiger charge is 2.17. The fourth-order valence-corrected chi connectivity index (χ4v) is 3.08. The maximum absolute atomic E-state index is 13.5. The topological polar surface area (TPSA) is 66.4 Å². The molecule has 2 aromatic rings. The summed E-state index contributed by atoms with van der Waals surface area (Å²) in [4.78, 5) is 0.0285. The average Bonchev–Trinajstić information content (AvgIpc) is 2.44. The number of anilines is 1. The van der Waals surface area contributed by atoms with Crippen LogP contribution in [0.25, 0.3) is 0 Å². The number of aliphatic hydroxyl groups is 1. The van der Waals surface area contributed by atoms with Crippen LogP contribution in [0.3, 0.4) is 0 Å². The van der Waals surface area contributed by atoms with E-state index < -0.39 is 15.8 Å². The molecule has 0 heterocycles. The van der Waals surface area contributed by atoms with E-state index in [9.17, 15) is 17.9 Å². The van der Waals surface area contributed by atoms with Crippen molar-refractivity contribution in [2.75, 3.05) is 4.72 Å². The van der Waals surface area contributed by atoms with Gasteiger partial charge in [-0.2, -0.15) is 0 Å². The molecule has 2 rings (SSSR count). The van der Waals surface area contributed by atoms with Crippen LogP contribution in [-0.4, -0.2) is 13.5 Å². The van der Waals surface area contributed by atoms with E-state index in [1.54, 1.807) is 13.0 Å². The number of sulfonamides is 1. The summed E-state index contributed by atoms with van der Waals surface area (Å²) in [6.45, 7) is 3.04. The van der Waals surface area contributed by atoms with Gasteiger partial charge in [0, 0.05) is 5.56 Å². The van der Waals surface area contributed by atoms with Crippen LogP contribution < -0.4 is 4.72 Å². The second-order valence-corrected chi connectivity index (χ2v) is 6.45. The van der Waals surface area contributed by atoms with Gasteiger partial charge in [-0.05, 0) is 49.2 Å². The van der Waals surface area contributed by atoms with Crippen molar-refractivity contribution in [3.8, 4) is 0 Å². The molecule has 6 heteroatoms. The van der Waals surface area contributed by atoms with Crippen LogP contribution in [0.15, 0.2) is 41.3 Å². The van der Waals surface area contributed by atoms with E-state index in [0.29, 0.717) is 5.56 Å². The smallest absolute Gasteiger partial charge is 0.261 e. The molecule has 0 amide bonds. The molecule has 2 N–H and O–H groups in total. The summed E-state index contributed by atoms with van der Waals surface area (Å²) in [7, 11) is -3.83. The van der Waals surface area contributed by atoms with Crippen LogP contribution >= 0.6 is 0 Å². The molecule has 0 aliphatic carbocycles. The Balaban J connectivity index is 2.41. The van der Waals surface area contributed by atoms with Gasteiger partial charge in [0.25, 0.3) is 10.0 Å². The van der Waals surface area contributed by atoms with E-state index in [1.807, 2.05) is 0 Å². The highest BCUT2D eigenvalue weighted by atomic mass is 32.2. The third kappa shape index (κ3) is 3.22. The third-order valence-electron chi connectivity index (χ3n) is 3.31. The predicted molar refractivity (Wildman–Crippen MR) is 79.0 cm³/mol. The molecule has 0 unspecified atom stereocenters. The number of halogens is 1. The Morgan fingerprint density at radius 2 is 1.90 bits per heavy atom. The second-order valence-electron chi connectivity index (χ2n) is 4.76. The lowest BCUT2D eigenvalue weighted by Crippen LogP contribution is -2.14. The number of benzene rings is 2. The molecule has 112 valence electrons. The van der Waals surface area contributed by atoms with Crippen molar-refractivity contribution in [1.29, 1.82) is 0 Å². The van der Waals surface area contributed by atoms with Crippen molar-refractivity contribution >= 4 is 15.7 Å². The lowest BCUT2D eigenvalue weighted by atomic mass is 10.1. The molecule has 21 heavy (non-hydrogen) atoms. The van der Waals surface area contributed by atoms with Crippen molar-refractivity contribution in [3.63, 3.8) is 0 Å². The van der Waals surface area contributed by atoms with Gasteiger partial charge < -0.3 is 5.11 Å². The van der Waals surface area contributed by atoms with Crippen molar-refractivity contribution in [1.82, 2.24) is 0 Å². The number of rotatable bonds is 4. The van der Waals surface area contributed by atoms with Crippen molar-refractivity contribution in [2.24, 2.45) is 0 Å². The highest BCUT2D eigenvalue weighted by molar-refractivity contribution is 7.92. The maximum atomic E-state index is 13.5. The van der Waals surface area contributed by atoms with Crippen molar-refractivity contribution < 1.29 is 17.9 Å². The second kappa shape index (κ2) is 5.83. The van der Waals surface area contributed by atoms with Gasteiger partial charge in [0.2, 0.25) is 0 Å². The molecule has 4 nitrogen and oxygen atoms in total. The van der Waals surface area contributed by atoms with E-state index in [1.165, 1.54) is 37.3 Å². The minimum atomic E-state index is -3.83. The van der Waals surface area contributed by atoms with Crippen LogP contribution in [0.2, 0.25) is 0 Å². The van der Waals surface area contributed by atoms with Gasteiger partial charge in [-0.25, -0.2) is 12.8 Å². The minimum Gasteiger partial charge on any atom is -0.392 e. The van der Waals surface area contributed by atoms with Crippen LogP contribution in [0, 0.1) is 19.7 Å². The Morgan fingerprint density at radius 3 is 2.57 bits per heavy atom. The van der Waals surface area contributed by atoms with Gasteiger partial charge in [0.1, 0.15) is 5.82 Å². The fourth-order valence-electron chi connectivity index (χ4n) is 1.91. The highest BCUT2D eigenvalue weighted by Crippen LogP contribution is 2.23. The van der Waals surface area contributed by atoms with Crippen molar-refractivity contribution in [3.05, 3.63) is 58.9 Å². The lowest BCUT2D eigenvalue weighted by Gasteiger charge is -2.12. The zero-order valence-electron chi connectivity index (χ0n) is 11.7. The molecule has 0 spiro atoms. The van der Waals surface area contributed by atoms with Gasteiger partial charge in [0.15, 0.2) is 0 Å². The number of aryl methyl sites for hydroxylation is 1. The first-order chi connectivity index (χ1) is 9.85. The average molecular weight is 309 g/mol. The first kappa shape index (κ1) is 15.5. The van der Waals surface area contributed by atoms with Crippen molar-refractivity contribution in [2.45, 2.75) is 25.3 Å². The summed E-state index contributed by atoms with van der Waals surface area (Å²) in [5, 5.41) is 9.21. The Labute approximate surface area is 123 Å². The van der Waals surface area contributed by atoms with Crippen LogP contribution in [0.5, 0.6) is 0 Å². The van der Waals surface area contributed by atoms with Gasteiger partial charge in [-0.3, -0.25) is 4.72 Å². The van der Waals surface area contributed by atoms with Gasteiger partial charge in [0.05, 0.1) is 17.2 Å². The van der Waals surface area contributed by atoms with Crippen LogP contribution in [0.4, 0.5) is 10.1 Å². The van der Waals surface area contributed by atoms with Gasteiger partial charge in [-0.15, -0.1) is 0 Å². The zero-order chi connectivity index (χ0) is 15.6. The zero-order valence-corrected chi connectivity index (χ0v) is 12.5. The number of nitrogens with one attached hydrogen (secondary N) is 1. The molecule has 0 saturated carbocycles. The summed E-state index contributed by atoms with van der Waals surface area (Å²) in [6.07, 6.45) is 0. The Hall–Kier alpha value is -1.92. The fraction of sp³-hybridized carbons (Fsp3) is 0.200. The Kier molecular flexibility index (Phi) is 4.29. The maximum Gasteiger partial charge on any atom is 0.261 e. The normalized spacial score (nSPS) is 11.4. The molecular formula is C15H16FNO3S. The third-order valence-corrected chi connectivity index (χ3v) is 4.68. The standard InChI is InChI=1S/C15H16FNO3S/c1-10-6-7-13(8-12(10)9-18)21(19,20)17-15-5-3-4-14(16)11(15)2/h3-8,17-18H,9H2,1-2H3. The quantitative estimate of drug-likeness (QED) is 0.912. The van der Waals surface area contributed by atoms with E-state index in [4.69, 9.17) is 0 Å². The summed E-state index contributed by atoms with van der Waals surface area (Å²) < 4.78 is 40.5. The summed E-state index contributed by atoms with van der Waals surface area (Å²) >= 11 is 0. The van der Waals surface area contributed by atoms with Gasteiger partial charge >= 0.3 is 0 Å². The number of aliphatic hydroxyl groups excluding tert-OH is 1. The Morgan fingerprint density at radius 1 is 1.19 bits per heavy atom. The largest absolute Gasteiger partial charge is 0.392 e. The van der Waals surface area contributed by atoms with E-state index in [0.717, 1.165) is 5.56 Å². The predicted octanol–water partition coefficient (Wildman–Crippen LogP) is 2.74. The molecule has 0 fully saturated rings. The van der Waals surface area contributed by atoms with Gasteiger partial charge in [-0.1, -0.05) is 12.1 Å². The molecule has 0 aliphatic heterocycles. The summed E-state index contributed by atoms with van der Waals surface area (Å²) in [5.74, 6) is -0.477. The number of hydrogen-bond acceptors (Lipinski definition) is 3.